The van der Waals surface area contributed by atoms with E-state index in [1.807, 2.05) is 19.9 Å². The summed E-state index contributed by atoms with van der Waals surface area (Å²) in [6, 6.07) is 8.37. The Labute approximate surface area is 118 Å². The Bertz CT molecular complexity index is 388. The minimum absolute atomic E-state index is 0.0473. The van der Waals surface area contributed by atoms with Crippen LogP contribution in [0.25, 0.3) is 0 Å². The zero-order valence-electron chi connectivity index (χ0n) is 11.3. The van der Waals surface area contributed by atoms with Gasteiger partial charge in [-0.15, -0.1) is 0 Å². The Morgan fingerprint density at radius 2 is 2.00 bits per heavy atom. The molecule has 100 valence electrons. The van der Waals surface area contributed by atoms with Crippen LogP contribution in [0.2, 0.25) is 0 Å². The maximum absolute atomic E-state index is 11.6. The fraction of sp³-hybridized carbons (Fsp3) is 0.533. The molecule has 0 fully saturated rings. The third-order valence-electron chi connectivity index (χ3n) is 2.77. The topological polar surface area (TPSA) is 26.3 Å². The molecule has 0 N–H and O–H groups in total. The Morgan fingerprint density at radius 1 is 1.33 bits per heavy atom. The van der Waals surface area contributed by atoms with Crippen LogP contribution in [-0.4, -0.2) is 16.9 Å². The van der Waals surface area contributed by atoms with Crippen molar-refractivity contribution >= 4 is 21.9 Å². The number of carbonyl (C=O) groups is 1. The van der Waals surface area contributed by atoms with Crippen molar-refractivity contribution < 1.29 is 9.53 Å². The van der Waals surface area contributed by atoms with E-state index in [4.69, 9.17) is 4.74 Å². The first-order valence-electron chi connectivity index (χ1n) is 6.39. The van der Waals surface area contributed by atoms with Crippen LogP contribution in [0.5, 0.6) is 0 Å². The van der Waals surface area contributed by atoms with Crippen LogP contribution in [0.1, 0.15) is 37.8 Å². The maximum Gasteiger partial charge on any atom is 0.319 e. The predicted octanol–water partition coefficient (Wildman–Crippen LogP) is 4.03. The molecule has 1 aromatic rings. The minimum atomic E-state index is -0.191. The fourth-order valence-corrected chi connectivity index (χ4v) is 2.22. The van der Waals surface area contributed by atoms with Crippen molar-refractivity contribution in [2.45, 2.75) is 51.0 Å². The van der Waals surface area contributed by atoms with Crippen molar-refractivity contribution in [1.82, 2.24) is 0 Å². The Kier molecular flexibility index (Phi) is 6.41. The van der Waals surface area contributed by atoms with E-state index in [0.29, 0.717) is 0 Å². The summed E-state index contributed by atoms with van der Waals surface area (Å²) >= 11 is 3.39. The van der Waals surface area contributed by atoms with Crippen molar-refractivity contribution in [2.24, 2.45) is 0 Å². The number of aryl methyl sites for hydroxylation is 2. The summed E-state index contributed by atoms with van der Waals surface area (Å²) in [5.74, 6) is -0.158. The molecule has 0 aliphatic heterocycles. The van der Waals surface area contributed by atoms with E-state index < -0.39 is 0 Å². The van der Waals surface area contributed by atoms with E-state index in [2.05, 4.69) is 41.1 Å². The van der Waals surface area contributed by atoms with Gasteiger partial charge in [0.05, 0.1) is 6.10 Å². The zero-order valence-corrected chi connectivity index (χ0v) is 12.9. The Hall–Kier alpha value is -0.830. The maximum atomic E-state index is 11.6. The summed E-state index contributed by atoms with van der Waals surface area (Å²) in [5, 5.41) is 0. The lowest BCUT2D eigenvalue weighted by Gasteiger charge is -2.12. The van der Waals surface area contributed by atoms with E-state index in [0.717, 1.165) is 19.3 Å². The van der Waals surface area contributed by atoms with Gasteiger partial charge in [-0.1, -0.05) is 40.2 Å². The lowest BCUT2D eigenvalue weighted by Crippen LogP contribution is -2.21. The van der Waals surface area contributed by atoms with Crippen molar-refractivity contribution in [2.75, 3.05) is 0 Å². The van der Waals surface area contributed by atoms with Crippen molar-refractivity contribution in [3.8, 4) is 0 Å². The molecular weight excluding hydrogens is 292 g/mol. The highest BCUT2D eigenvalue weighted by molar-refractivity contribution is 9.10. The van der Waals surface area contributed by atoms with Gasteiger partial charge in [-0.25, -0.2) is 0 Å². The van der Waals surface area contributed by atoms with Gasteiger partial charge in [0.15, 0.2) is 0 Å². The van der Waals surface area contributed by atoms with E-state index in [1.54, 1.807) is 0 Å². The highest BCUT2D eigenvalue weighted by atomic mass is 79.9. The van der Waals surface area contributed by atoms with E-state index in [1.165, 1.54) is 11.1 Å². The van der Waals surface area contributed by atoms with Crippen molar-refractivity contribution in [1.29, 1.82) is 0 Å². The van der Waals surface area contributed by atoms with E-state index in [9.17, 15) is 4.79 Å². The largest absolute Gasteiger partial charge is 0.462 e. The van der Waals surface area contributed by atoms with Gasteiger partial charge >= 0.3 is 5.97 Å². The molecule has 1 unspecified atom stereocenters. The molecule has 1 aromatic carbocycles. The van der Waals surface area contributed by atoms with Gasteiger partial charge in [0.2, 0.25) is 0 Å². The molecule has 0 heterocycles. The number of hydrogen-bond donors (Lipinski definition) is 0. The number of benzene rings is 1. The van der Waals surface area contributed by atoms with Crippen molar-refractivity contribution in [3.63, 3.8) is 0 Å². The SMILES string of the molecule is Cc1ccccc1CCCC(Br)C(=O)OC(C)C. The van der Waals surface area contributed by atoms with Crippen LogP contribution >= 0.6 is 15.9 Å². The molecule has 3 heteroatoms. The van der Waals surface area contributed by atoms with Crippen LogP contribution in [0, 0.1) is 6.92 Å². The van der Waals surface area contributed by atoms with Crippen molar-refractivity contribution in [3.05, 3.63) is 35.4 Å². The highest BCUT2D eigenvalue weighted by Gasteiger charge is 2.17. The molecule has 0 radical (unpaired) electrons. The third-order valence-corrected chi connectivity index (χ3v) is 3.60. The molecule has 18 heavy (non-hydrogen) atoms. The molecule has 1 atom stereocenters. The summed E-state index contributed by atoms with van der Waals surface area (Å²) in [7, 11) is 0. The second kappa shape index (κ2) is 7.57. The second-order valence-electron chi connectivity index (χ2n) is 4.77. The Morgan fingerprint density at radius 3 is 2.61 bits per heavy atom. The van der Waals surface area contributed by atoms with E-state index >= 15 is 0 Å². The van der Waals surface area contributed by atoms with Crippen LogP contribution in [-0.2, 0) is 16.0 Å². The summed E-state index contributed by atoms with van der Waals surface area (Å²) in [6.45, 7) is 5.85. The fourth-order valence-electron chi connectivity index (χ4n) is 1.79. The van der Waals surface area contributed by atoms with Crippen LogP contribution < -0.4 is 0 Å². The molecule has 0 aromatic heterocycles. The predicted molar refractivity (Wildman–Crippen MR) is 78.1 cm³/mol. The lowest BCUT2D eigenvalue weighted by atomic mass is 10.0. The normalized spacial score (nSPS) is 12.5. The molecule has 0 aliphatic carbocycles. The minimum Gasteiger partial charge on any atom is -0.462 e. The van der Waals surface area contributed by atoms with Gasteiger partial charge in [0, 0.05) is 0 Å². The molecule has 2 nitrogen and oxygen atoms in total. The number of ether oxygens (including phenoxy) is 1. The summed E-state index contributed by atoms with van der Waals surface area (Å²) < 4.78 is 5.15. The standard InChI is InChI=1S/C15H21BrO2/c1-11(2)18-15(17)14(16)10-6-9-13-8-5-4-7-12(13)3/h4-5,7-8,11,14H,6,9-10H2,1-3H3. The first-order chi connectivity index (χ1) is 8.50. The molecule has 0 amide bonds. The highest BCUT2D eigenvalue weighted by Crippen LogP contribution is 2.16. The van der Waals surface area contributed by atoms with Gasteiger partial charge < -0.3 is 4.74 Å². The van der Waals surface area contributed by atoms with E-state index in [-0.39, 0.29) is 16.9 Å². The average molecular weight is 313 g/mol. The molecular formula is C15H21BrO2. The zero-order chi connectivity index (χ0) is 13.5. The lowest BCUT2D eigenvalue weighted by molar-refractivity contribution is -0.146. The van der Waals surface area contributed by atoms with Crippen LogP contribution in [0.4, 0.5) is 0 Å². The molecule has 0 saturated heterocycles. The first-order valence-corrected chi connectivity index (χ1v) is 7.31. The number of hydrogen-bond acceptors (Lipinski definition) is 2. The second-order valence-corrected chi connectivity index (χ2v) is 5.88. The third kappa shape index (κ3) is 5.21. The molecule has 0 bridgehead atoms. The van der Waals surface area contributed by atoms with Gasteiger partial charge in [0.1, 0.15) is 4.83 Å². The smallest absolute Gasteiger partial charge is 0.319 e. The monoisotopic (exact) mass is 312 g/mol. The van der Waals surface area contributed by atoms with Gasteiger partial charge in [-0.05, 0) is 51.2 Å². The van der Waals surface area contributed by atoms with Gasteiger partial charge in [0.25, 0.3) is 0 Å². The van der Waals surface area contributed by atoms with Gasteiger partial charge in [-0.3, -0.25) is 4.79 Å². The number of rotatable bonds is 6. The number of esters is 1. The number of alkyl halides is 1. The van der Waals surface area contributed by atoms with Gasteiger partial charge in [-0.2, -0.15) is 0 Å². The molecule has 0 aliphatic rings. The molecule has 0 spiro atoms. The number of carbonyl (C=O) groups excluding carboxylic acids is 1. The summed E-state index contributed by atoms with van der Waals surface area (Å²) in [4.78, 5) is 11.4. The molecule has 1 rings (SSSR count). The summed E-state index contributed by atoms with van der Waals surface area (Å²) in [6.07, 6.45) is 2.74. The average Bonchev–Trinajstić information content (AvgIpc) is 2.30. The summed E-state index contributed by atoms with van der Waals surface area (Å²) in [5.41, 5.74) is 2.67. The van der Waals surface area contributed by atoms with Crippen LogP contribution in [0.3, 0.4) is 0 Å². The number of halogens is 1. The van der Waals surface area contributed by atoms with Crippen LogP contribution in [0.15, 0.2) is 24.3 Å². The first kappa shape index (κ1) is 15.2. The Balaban J connectivity index is 2.34. The molecule has 0 saturated carbocycles. The quantitative estimate of drug-likeness (QED) is 0.585.